The molecule has 7 nitrogen and oxygen atoms in total. The maximum absolute atomic E-state index is 12.7. The molecule has 10 heteroatoms. The van der Waals surface area contributed by atoms with Gasteiger partial charge in [-0.1, -0.05) is 29.3 Å². The fourth-order valence-corrected chi connectivity index (χ4v) is 4.24. The maximum Gasteiger partial charge on any atom is 0.261 e. The Kier molecular flexibility index (Phi) is 6.94. The number of hydrogen-bond acceptors (Lipinski definition) is 5. The standard InChI is InChI=1S/C21H18Cl2N2O5S/c1-29-19-11-13(10-18(23)20(19)30-2)21(26)24-16-4-3-5-17(12-16)31(27,28)25-15-8-6-14(22)7-9-15/h3-12,25H,1-2H3,(H,24,26). The number of rotatable bonds is 7. The molecule has 2 N–H and O–H groups in total. The van der Waals surface area contributed by atoms with Crippen LogP contribution in [-0.2, 0) is 10.0 Å². The molecule has 0 saturated carbocycles. The van der Waals surface area contributed by atoms with Crippen LogP contribution in [-0.4, -0.2) is 28.5 Å². The number of halogens is 2. The summed E-state index contributed by atoms with van der Waals surface area (Å²) in [4.78, 5) is 12.7. The second kappa shape index (κ2) is 9.47. The quantitative estimate of drug-likeness (QED) is 0.492. The molecule has 0 bridgehead atoms. The van der Waals surface area contributed by atoms with Crippen LogP contribution in [0.25, 0.3) is 0 Å². The van der Waals surface area contributed by atoms with Crippen LogP contribution in [0.1, 0.15) is 10.4 Å². The first-order chi connectivity index (χ1) is 14.7. The largest absolute Gasteiger partial charge is 0.493 e. The highest BCUT2D eigenvalue weighted by Crippen LogP contribution is 2.36. The van der Waals surface area contributed by atoms with Crippen molar-refractivity contribution in [3.8, 4) is 11.5 Å². The lowest BCUT2D eigenvalue weighted by molar-refractivity contribution is 0.102. The van der Waals surface area contributed by atoms with Crippen molar-refractivity contribution in [3.05, 3.63) is 76.3 Å². The predicted molar refractivity (Wildman–Crippen MR) is 121 cm³/mol. The normalized spacial score (nSPS) is 11.0. The molecule has 0 saturated heterocycles. The second-order valence-electron chi connectivity index (χ2n) is 6.29. The topological polar surface area (TPSA) is 93.7 Å². The van der Waals surface area contributed by atoms with Crippen molar-refractivity contribution in [2.45, 2.75) is 4.90 Å². The van der Waals surface area contributed by atoms with Gasteiger partial charge in [-0.25, -0.2) is 8.42 Å². The molecule has 3 aromatic carbocycles. The number of hydrogen-bond donors (Lipinski definition) is 2. The summed E-state index contributed by atoms with van der Waals surface area (Å²) in [6.07, 6.45) is 0. The zero-order chi connectivity index (χ0) is 22.6. The SMILES string of the molecule is COc1cc(C(=O)Nc2cccc(S(=O)(=O)Nc3ccc(Cl)cc3)c2)cc(Cl)c1OC. The van der Waals surface area contributed by atoms with E-state index in [9.17, 15) is 13.2 Å². The fraction of sp³-hybridized carbons (Fsp3) is 0.0952. The van der Waals surface area contributed by atoms with Crippen LogP contribution in [0, 0.1) is 0 Å². The first-order valence-corrected chi connectivity index (χ1v) is 11.1. The molecule has 0 aromatic heterocycles. The summed E-state index contributed by atoms with van der Waals surface area (Å²) in [5.41, 5.74) is 0.865. The Bertz CT molecular complexity index is 1210. The van der Waals surface area contributed by atoms with Crippen LogP contribution < -0.4 is 19.5 Å². The molecule has 0 radical (unpaired) electrons. The van der Waals surface area contributed by atoms with Gasteiger partial charge in [0.1, 0.15) is 0 Å². The minimum absolute atomic E-state index is 0.0226. The van der Waals surface area contributed by atoms with E-state index in [1.807, 2.05) is 0 Å². The molecule has 162 valence electrons. The first kappa shape index (κ1) is 22.7. The Labute approximate surface area is 189 Å². The van der Waals surface area contributed by atoms with Gasteiger partial charge in [0.2, 0.25) is 0 Å². The van der Waals surface area contributed by atoms with E-state index < -0.39 is 15.9 Å². The highest BCUT2D eigenvalue weighted by atomic mass is 35.5. The summed E-state index contributed by atoms with van der Waals surface area (Å²) in [7, 11) is -1.01. The van der Waals surface area contributed by atoms with Crippen molar-refractivity contribution < 1.29 is 22.7 Å². The van der Waals surface area contributed by atoms with Gasteiger partial charge < -0.3 is 14.8 Å². The predicted octanol–water partition coefficient (Wildman–Crippen LogP) is 5.06. The molecule has 0 aliphatic heterocycles. The summed E-state index contributed by atoms with van der Waals surface area (Å²) < 4.78 is 38.2. The highest BCUT2D eigenvalue weighted by Gasteiger charge is 2.18. The average molecular weight is 481 g/mol. The molecule has 0 atom stereocenters. The molecule has 3 aromatic rings. The van der Waals surface area contributed by atoms with E-state index in [4.69, 9.17) is 32.7 Å². The molecule has 0 unspecified atom stereocenters. The number of anilines is 2. The Morgan fingerprint density at radius 2 is 1.61 bits per heavy atom. The molecule has 0 spiro atoms. The van der Waals surface area contributed by atoms with Crippen LogP contribution in [0.15, 0.2) is 65.6 Å². The number of methoxy groups -OCH3 is 2. The number of benzene rings is 3. The Hall–Kier alpha value is -2.94. The van der Waals surface area contributed by atoms with Crippen LogP contribution in [0.4, 0.5) is 11.4 Å². The van der Waals surface area contributed by atoms with Crippen LogP contribution >= 0.6 is 23.2 Å². The van der Waals surface area contributed by atoms with Gasteiger partial charge in [0.15, 0.2) is 11.5 Å². The lowest BCUT2D eigenvalue weighted by atomic mass is 10.1. The van der Waals surface area contributed by atoms with Crippen molar-refractivity contribution >= 4 is 50.5 Å². The van der Waals surface area contributed by atoms with Crippen LogP contribution in [0.3, 0.4) is 0 Å². The van der Waals surface area contributed by atoms with Gasteiger partial charge in [-0.2, -0.15) is 0 Å². The lowest BCUT2D eigenvalue weighted by Crippen LogP contribution is -2.15. The van der Waals surface area contributed by atoms with Gasteiger partial charge in [0.25, 0.3) is 15.9 Å². The van der Waals surface area contributed by atoms with E-state index in [2.05, 4.69) is 10.0 Å². The molecule has 1 amide bonds. The summed E-state index contributed by atoms with van der Waals surface area (Å²) in [6, 6.07) is 15.0. The number of carbonyl (C=O) groups is 1. The smallest absolute Gasteiger partial charge is 0.261 e. The monoisotopic (exact) mass is 480 g/mol. The first-order valence-electron chi connectivity index (χ1n) is 8.85. The third kappa shape index (κ3) is 5.41. The van der Waals surface area contributed by atoms with E-state index in [-0.39, 0.29) is 21.2 Å². The number of carbonyl (C=O) groups excluding carboxylic acids is 1. The van der Waals surface area contributed by atoms with Gasteiger partial charge in [0, 0.05) is 22.0 Å². The molecular formula is C21H18Cl2N2O5S. The zero-order valence-corrected chi connectivity index (χ0v) is 18.8. The van der Waals surface area contributed by atoms with Gasteiger partial charge in [-0.3, -0.25) is 9.52 Å². The number of nitrogens with one attached hydrogen (secondary N) is 2. The minimum Gasteiger partial charge on any atom is -0.493 e. The lowest BCUT2D eigenvalue weighted by Gasteiger charge is -2.13. The summed E-state index contributed by atoms with van der Waals surface area (Å²) >= 11 is 12.0. The van der Waals surface area contributed by atoms with Gasteiger partial charge in [-0.05, 0) is 54.6 Å². The molecule has 31 heavy (non-hydrogen) atoms. The summed E-state index contributed by atoms with van der Waals surface area (Å²) in [5, 5.41) is 3.35. The van der Waals surface area contributed by atoms with Crippen LogP contribution in [0.5, 0.6) is 11.5 Å². The van der Waals surface area contributed by atoms with E-state index >= 15 is 0 Å². The van der Waals surface area contributed by atoms with Gasteiger partial charge in [0.05, 0.1) is 24.1 Å². The van der Waals surface area contributed by atoms with Crippen molar-refractivity contribution in [1.29, 1.82) is 0 Å². The van der Waals surface area contributed by atoms with Gasteiger partial charge >= 0.3 is 0 Å². The third-order valence-corrected chi connectivity index (χ3v) is 6.11. The maximum atomic E-state index is 12.7. The number of amides is 1. The van der Waals surface area contributed by atoms with E-state index in [1.165, 1.54) is 44.6 Å². The molecule has 3 rings (SSSR count). The Morgan fingerprint density at radius 1 is 0.903 bits per heavy atom. The van der Waals surface area contributed by atoms with Crippen molar-refractivity contribution in [2.24, 2.45) is 0 Å². The molecular weight excluding hydrogens is 463 g/mol. The summed E-state index contributed by atoms with van der Waals surface area (Å²) in [5.74, 6) is 0.105. The van der Waals surface area contributed by atoms with Gasteiger partial charge in [-0.15, -0.1) is 0 Å². The Balaban J connectivity index is 1.82. The Morgan fingerprint density at radius 3 is 2.26 bits per heavy atom. The van der Waals surface area contributed by atoms with Crippen molar-refractivity contribution in [3.63, 3.8) is 0 Å². The average Bonchev–Trinajstić information content (AvgIpc) is 2.74. The third-order valence-electron chi connectivity index (χ3n) is 4.19. The zero-order valence-electron chi connectivity index (χ0n) is 16.5. The molecule has 0 heterocycles. The van der Waals surface area contributed by atoms with Crippen molar-refractivity contribution in [1.82, 2.24) is 0 Å². The van der Waals surface area contributed by atoms with E-state index in [0.29, 0.717) is 22.2 Å². The van der Waals surface area contributed by atoms with E-state index in [0.717, 1.165) is 0 Å². The van der Waals surface area contributed by atoms with Crippen LogP contribution in [0.2, 0.25) is 10.0 Å². The molecule has 0 aliphatic carbocycles. The second-order valence-corrected chi connectivity index (χ2v) is 8.81. The minimum atomic E-state index is -3.88. The fourth-order valence-electron chi connectivity index (χ4n) is 2.73. The highest BCUT2D eigenvalue weighted by molar-refractivity contribution is 7.92. The number of ether oxygens (including phenoxy) is 2. The number of sulfonamides is 1. The van der Waals surface area contributed by atoms with E-state index in [1.54, 1.807) is 30.3 Å². The van der Waals surface area contributed by atoms with Crippen molar-refractivity contribution in [2.75, 3.05) is 24.3 Å². The summed E-state index contributed by atoms with van der Waals surface area (Å²) in [6.45, 7) is 0. The molecule has 0 aliphatic rings. The molecule has 0 fully saturated rings.